The minimum atomic E-state index is -1.11. The fourth-order valence-electron chi connectivity index (χ4n) is 6.57. The Balaban J connectivity index is 3.41. The van der Waals surface area contributed by atoms with Gasteiger partial charge in [-0.1, -0.05) is 161 Å². The number of aliphatic carboxylic acids is 1. The van der Waals surface area contributed by atoms with E-state index in [9.17, 15) is 19.8 Å². The van der Waals surface area contributed by atoms with Gasteiger partial charge in [-0.25, -0.2) is 0 Å². The molecular weight excluding hydrogens is 534 g/mol. The van der Waals surface area contributed by atoms with E-state index in [1.807, 2.05) is 21.1 Å². The normalized spacial score (nSPS) is 13.3. The number of quaternary nitrogens is 1. The van der Waals surface area contributed by atoms with E-state index in [1.165, 1.54) is 141 Å². The van der Waals surface area contributed by atoms with Gasteiger partial charge in [0, 0.05) is 12.8 Å². The Kier molecular flexibility index (Phi) is 27.9. The number of Topliss-reactive ketones (excluding diaryl/α,β-unsaturated/α-hetero) is 1. The summed E-state index contributed by atoms with van der Waals surface area (Å²) in [4.78, 5) is 23.4. The molecule has 1 atom stereocenters. The number of likely N-dealkylation sites (N-methyl/N-ethyl adjacent to an activating group) is 1. The van der Waals surface area contributed by atoms with E-state index in [4.69, 9.17) is 0 Å². The molecule has 0 rings (SSSR count). The molecule has 5 nitrogen and oxygen atoms in total. The number of carbonyl (C=O) groups excluding carboxylic acids is 1. The fraction of sp³-hybridized carbons (Fsp3) is 0.947. The van der Waals surface area contributed by atoms with Crippen LogP contribution in [0.1, 0.15) is 200 Å². The number of ketones is 1. The van der Waals surface area contributed by atoms with Crippen LogP contribution in [0.3, 0.4) is 0 Å². The fourth-order valence-corrected chi connectivity index (χ4v) is 6.57. The number of rotatable bonds is 34. The molecule has 0 fully saturated rings. The molecule has 0 bridgehead atoms. The standard InChI is InChI=1S/C38H75NO4/c1-5-6-7-8-9-10-11-13-16-19-22-25-28-31-36(40)32-29-26-23-20-17-14-12-15-18-21-24-27-30-33-38(43,34-37(41)42)35-39(2,3)4/h43H,5-35H2,1-4H3/p+1/t38-/m1/s1. The third-order valence-corrected chi connectivity index (χ3v) is 8.91. The minimum Gasteiger partial charge on any atom is -0.481 e. The van der Waals surface area contributed by atoms with Gasteiger partial charge in [-0.2, -0.15) is 0 Å². The van der Waals surface area contributed by atoms with Gasteiger partial charge in [0.2, 0.25) is 0 Å². The molecule has 256 valence electrons. The second-order valence-corrected chi connectivity index (χ2v) is 14.9. The largest absolute Gasteiger partial charge is 0.481 e. The van der Waals surface area contributed by atoms with Crippen LogP contribution in [-0.4, -0.2) is 59.7 Å². The maximum Gasteiger partial charge on any atom is 0.306 e. The average Bonchev–Trinajstić information content (AvgIpc) is 2.91. The molecule has 0 spiro atoms. The lowest BCUT2D eigenvalue weighted by Crippen LogP contribution is -2.50. The van der Waals surface area contributed by atoms with Gasteiger partial charge < -0.3 is 14.7 Å². The van der Waals surface area contributed by atoms with Gasteiger partial charge in [0.25, 0.3) is 0 Å². The van der Waals surface area contributed by atoms with Crippen molar-refractivity contribution < 1.29 is 24.3 Å². The Morgan fingerprint density at radius 1 is 0.512 bits per heavy atom. The zero-order chi connectivity index (χ0) is 32.1. The molecule has 0 unspecified atom stereocenters. The van der Waals surface area contributed by atoms with Crippen LogP contribution in [0.4, 0.5) is 0 Å². The lowest BCUT2D eigenvalue weighted by atomic mass is 9.91. The number of carboxylic acids is 1. The van der Waals surface area contributed by atoms with Crippen molar-refractivity contribution in [3.63, 3.8) is 0 Å². The summed E-state index contributed by atoms with van der Waals surface area (Å²) < 4.78 is 0.572. The highest BCUT2D eigenvalue weighted by atomic mass is 16.4. The molecule has 0 amide bonds. The second kappa shape index (κ2) is 28.5. The Morgan fingerprint density at radius 2 is 0.814 bits per heavy atom. The highest BCUT2D eigenvalue weighted by Gasteiger charge is 2.35. The summed E-state index contributed by atoms with van der Waals surface area (Å²) in [5.41, 5.74) is -1.11. The number of hydrogen-bond acceptors (Lipinski definition) is 3. The lowest BCUT2D eigenvalue weighted by Gasteiger charge is -2.34. The summed E-state index contributed by atoms with van der Waals surface area (Å²) in [6, 6.07) is 0. The van der Waals surface area contributed by atoms with Crippen LogP contribution >= 0.6 is 0 Å². The van der Waals surface area contributed by atoms with E-state index >= 15 is 0 Å². The van der Waals surface area contributed by atoms with Crippen LogP contribution in [0.15, 0.2) is 0 Å². The van der Waals surface area contributed by atoms with E-state index in [-0.39, 0.29) is 6.42 Å². The number of nitrogens with zero attached hydrogens (tertiary/aromatic N) is 1. The summed E-state index contributed by atoms with van der Waals surface area (Å²) in [7, 11) is 5.99. The van der Waals surface area contributed by atoms with E-state index in [0.717, 1.165) is 38.5 Å². The monoisotopic (exact) mass is 611 g/mol. The maximum atomic E-state index is 12.2. The molecule has 0 aromatic heterocycles. The molecule has 0 aliphatic heterocycles. The van der Waals surface area contributed by atoms with Gasteiger partial charge in [0.1, 0.15) is 17.9 Å². The van der Waals surface area contributed by atoms with Crippen molar-refractivity contribution in [1.29, 1.82) is 0 Å². The highest BCUT2D eigenvalue weighted by Crippen LogP contribution is 2.23. The van der Waals surface area contributed by atoms with E-state index in [1.54, 1.807) is 0 Å². The van der Waals surface area contributed by atoms with Crippen molar-refractivity contribution in [2.45, 2.75) is 205 Å². The molecule has 2 N–H and O–H groups in total. The first kappa shape index (κ1) is 42.1. The average molecular weight is 611 g/mol. The quantitative estimate of drug-likeness (QED) is 0.0561. The van der Waals surface area contributed by atoms with Gasteiger partial charge in [-0.05, 0) is 19.3 Å². The maximum absolute atomic E-state index is 12.2. The van der Waals surface area contributed by atoms with Crippen molar-refractivity contribution in [2.24, 2.45) is 0 Å². The number of carboxylic acid groups (broad SMARTS) is 1. The molecule has 0 saturated carbocycles. The van der Waals surface area contributed by atoms with Crippen LogP contribution in [0.2, 0.25) is 0 Å². The Hall–Kier alpha value is -0.940. The van der Waals surface area contributed by atoms with Gasteiger partial charge in [-0.3, -0.25) is 9.59 Å². The minimum absolute atomic E-state index is 0.166. The van der Waals surface area contributed by atoms with Crippen LogP contribution < -0.4 is 0 Å². The topological polar surface area (TPSA) is 74.6 Å². The smallest absolute Gasteiger partial charge is 0.306 e. The molecule has 0 aliphatic rings. The van der Waals surface area contributed by atoms with Gasteiger partial charge in [0.05, 0.1) is 27.6 Å². The van der Waals surface area contributed by atoms with Gasteiger partial charge >= 0.3 is 5.97 Å². The zero-order valence-electron chi connectivity index (χ0n) is 29.6. The molecule has 0 radical (unpaired) electrons. The predicted molar refractivity (Wildman–Crippen MR) is 185 cm³/mol. The first-order valence-electron chi connectivity index (χ1n) is 18.8. The van der Waals surface area contributed by atoms with E-state index in [0.29, 0.717) is 23.2 Å². The number of carbonyl (C=O) groups is 2. The zero-order valence-corrected chi connectivity index (χ0v) is 29.6. The third kappa shape index (κ3) is 32.3. The van der Waals surface area contributed by atoms with E-state index < -0.39 is 11.6 Å². The molecule has 0 heterocycles. The SMILES string of the molecule is CCCCCCCCCCCCCCCC(=O)CCCCCCCCCCCCCCC[C@@](O)(CC(=O)O)C[N+](C)(C)C. The van der Waals surface area contributed by atoms with Gasteiger partial charge in [-0.15, -0.1) is 0 Å². The Morgan fingerprint density at radius 3 is 1.12 bits per heavy atom. The first-order chi connectivity index (χ1) is 20.6. The molecule has 0 saturated heterocycles. The molecule has 0 aromatic rings. The number of unbranched alkanes of at least 4 members (excludes halogenated alkanes) is 24. The van der Waals surface area contributed by atoms with Gasteiger partial charge in [0.15, 0.2) is 0 Å². The molecule has 0 aliphatic carbocycles. The van der Waals surface area contributed by atoms with Crippen LogP contribution in [0.5, 0.6) is 0 Å². The Bertz CT molecular complexity index is 644. The van der Waals surface area contributed by atoms with Crippen molar-refractivity contribution >= 4 is 11.8 Å². The van der Waals surface area contributed by atoms with Crippen molar-refractivity contribution in [3.8, 4) is 0 Å². The van der Waals surface area contributed by atoms with Crippen molar-refractivity contribution in [1.82, 2.24) is 0 Å². The summed E-state index contributed by atoms with van der Waals surface area (Å²) in [6.45, 7) is 2.75. The lowest BCUT2D eigenvalue weighted by molar-refractivity contribution is -0.877. The summed E-state index contributed by atoms with van der Waals surface area (Å²) >= 11 is 0. The molecular formula is C38H76NO4+. The van der Waals surface area contributed by atoms with Crippen LogP contribution in [0.25, 0.3) is 0 Å². The van der Waals surface area contributed by atoms with E-state index in [2.05, 4.69) is 6.92 Å². The highest BCUT2D eigenvalue weighted by molar-refractivity contribution is 5.78. The molecule has 43 heavy (non-hydrogen) atoms. The number of hydrogen-bond donors (Lipinski definition) is 2. The summed E-state index contributed by atoms with van der Waals surface area (Å²) in [5.74, 6) is -0.426. The van der Waals surface area contributed by atoms with Crippen LogP contribution in [-0.2, 0) is 9.59 Å². The van der Waals surface area contributed by atoms with Crippen LogP contribution in [0, 0.1) is 0 Å². The number of aliphatic hydroxyl groups is 1. The second-order valence-electron chi connectivity index (χ2n) is 14.9. The summed E-state index contributed by atoms with van der Waals surface area (Å²) in [5, 5.41) is 20.0. The summed E-state index contributed by atoms with van der Waals surface area (Å²) in [6.07, 6.45) is 35.4. The predicted octanol–water partition coefficient (Wildman–Crippen LogP) is 10.8. The van der Waals surface area contributed by atoms with Crippen molar-refractivity contribution in [3.05, 3.63) is 0 Å². The third-order valence-electron chi connectivity index (χ3n) is 8.91. The molecule has 5 heteroatoms. The molecule has 0 aromatic carbocycles. The van der Waals surface area contributed by atoms with Crippen molar-refractivity contribution in [2.75, 3.05) is 27.7 Å². The first-order valence-corrected chi connectivity index (χ1v) is 18.8. The Labute approximate surface area is 268 Å².